The van der Waals surface area contributed by atoms with Gasteiger partial charge in [-0.05, 0) is 31.4 Å². The first-order valence-corrected chi connectivity index (χ1v) is 6.82. The third kappa shape index (κ3) is 2.41. The van der Waals surface area contributed by atoms with Crippen molar-refractivity contribution in [3.63, 3.8) is 0 Å². The Morgan fingerprint density at radius 3 is 2.61 bits per heavy atom. The maximum absolute atomic E-state index is 5.95. The molecule has 1 aromatic carbocycles. The average molecular weight is 245 g/mol. The van der Waals surface area contributed by atoms with Crippen molar-refractivity contribution in [3.8, 4) is 0 Å². The number of benzene rings is 1. The fourth-order valence-electron chi connectivity index (χ4n) is 2.61. The zero-order valence-electron chi connectivity index (χ0n) is 11.6. The van der Waals surface area contributed by atoms with Crippen LogP contribution in [0.15, 0.2) is 24.3 Å². The molecule has 98 valence electrons. The Balaban J connectivity index is 2.48. The Hall–Kier alpha value is -1.35. The van der Waals surface area contributed by atoms with Crippen LogP contribution in [0.2, 0.25) is 0 Å². The van der Waals surface area contributed by atoms with E-state index in [2.05, 4.69) is 43.5 Å². The first-order chi connectivity index (χ1) is 8.67. The molecule has 2 rings (SSSR count). The summed E-state index contributed by atoms with van der Waals surface area (Å²) in [6.07, 6.45) is 1.10. The van der Waals surface area contributed by atoms with E-state index >= 15 is 0 Å². The summed E-state index contributed by atoms with van der Waals surface area (Å²) in [7, 11) is 0. The third-order valence-corrected chi connectivity index (χ3v) is 3.41. The van der Waals surface area contributed by atoms with E-state index in [0.717, 1.165) is 24.3 Å². The molecule has 0 spiro atoms. The quantitative estimate of drug-likeness (QED) is 0.879. The molecule has 0 amide bonds. The lowest BCUT2D eigenvalue weighted by atomic mass is 9.96. The third-order valence-electron chi connectivity index (χ3n) is 3.41. The highest BCUT2D eigenvalue weighted by Gasteiger charge is 2.19. The summed E-state index contributed by atoms with van der Waals surface area (Å²) < 4.78 is 2.30. The Bertz CT molecular complexity index is 513. The topological polar surface area (TPSA) is 43.8 Å². The maximum atomic E-state index is 5.95. The molecule has 2 aromatic rings. The molecular weight excluding hydrogens is 222 g/mol. The molecule has 0 radical (unpaired) electrons. The minimum Gasteiger partial charge on any atom is -0.330 e. The van der Waals surface area contributed by atoms with Crippen LogP contribution in [0.3, 0.4) is 0 Å². The number of para-hydroxylation sites is 2. The van der Waals surface area contributed by atoms with Crippen molar-refractivity contribution in [3.05, 3.63) is 30.1 Å². The van der Waals surface area contributed by atoms with Crippen LogP contribution in [-0.2, 0) is 6.54 Å². The molecule has 0 aliphatic carbocycles. The lowest BCUT2D eigenvalue weighted by molar-refractivity contribution is 0.474. The van der Waals surface area contributed by atoms with Crippen LogP contribution in [0, 0.1) is 5.92 Å². The van der Waals surface area contributed by atoms with Crippen molar-refractivity contribution in [2.24, 2.45) is 11.7 Å². The first kappa shape index (κ1) is 13.1. The van der Waals surface area contributed by atoms with Gasteiger partial charge in [-0.25, -0.2) is 4.98 Å². The number of rotatable bonds is 5. The Morgan fingerprint density at radius 1 is 1.28 bits per heavy atom. The summed E-state index contributed by atoms with van der Waals surface area (Å²) in [5.41, 5.74) is 8.24. The number of fused-ring (bicyclic) bond motifs is 1. The van der Waals surface area contributed by atoms with Crippen molar-refractivity contribution >= 4 is 11.0 Å². The van der Waals surface area contributed by atoms with Gasteiger partial charge in [0, 0.05) is 19.0 Å². The van der Waals surface area contributed by atoms with E-state index < -0.39 is 0 Å². The highest BCUT2D eigenvalue weighted by Crippen LogP contribution is 2.26. The molecule has 1 atom stereocenters. The highest BCUT2D eigenvalue weighted by molar-refractivity contribution is 5.76. The zero-order chi connectivity index (χ0) is 13.1. The molecule has 1 heterocycles. The van der Waals surface area contributed by atoms with Gasteiger partial charge in [-0.3, -0.25) is 0 Å². The molecule has 3 heteroatoms. The van der Waals surface area contributed by atoms with E-state index in [1.54, 1.807) is 0 Å². The average Bonchev–Trinajstić information content (AvgIpc) is 2.73. The minimum absolute atomic E-state index is 0.359. The van der Waals surface area contributed by atoms with Gasteiger partial charge in [-0.15, -0.1) is 0 Å². The molecule has 0 aliphatic rings. The predicted octanol–water partition coefficient (Wildman–Crippen LogP) is 3.14. The summed E-state index contributed by atoms with van der Waals surface area (Å²) in [5.74, 6) is 2.15. The van der Waals surface area contributed by atoms with Crippen LogP contribution < -0.4 is 5.73 Å². The van der Waals surface area contributed by atoms with Crippen molar-refractivity contribution in [1.82, 2.24) is 9.55 Å². The second-order valence-electron chi connectivity index (χ2n) is 5.27. The van der Waals surface area contributed by atoms with Gasteiger partial charge in [0.1, 0.15) is 5.82 Å². The number of nitrogens with two attached hydrogens (primary N) is 1. The fraction of sp³-hybridized carbons (Fsp3) is 0.533. The van der Waals surface area contributed by atoms with Gasteiger partial charge in [-0.2, -0.15) is 0 Å². The number of hydrogen-bond donors (Lipinski definition) is 1. The standard InChI is InChI=1S/C15H23N3/c1-4-18-14-8-6-5-7-13(14)17-15(18)12(10-16)9-11(2)3/h5-8,11-12H,4,9-10,16H2,1-3H3. The van der Waals surface area contributed by atoms with Crippen molar-refractivity contribution in [2.75, 3.05) is 6.54 Å². The fourth-order valence-corrected chi connectivity index (χ4v) is 2.61. The van der Waals surface area contributed by atoms with Crippen molar-refractivity contribution < 1.29 is 0 Å². The van der Waals surface area contributed by atoms with E-state index in [4.69, 9.17) is 10.7 Å². The number of nitrogens with zero attached hydrogens (tertiary/aromatic N) is 2. The van der Waals surface area contributed by atoms with Crippen LogP contribution in [0.1, 0.15) is 38.9 Å². The van der Waals surface area contributed by atoms with E-state index in [0.29, 0.717) is 18.4 Å². The SMILES string of the molecule is CCn1c(C(CN)CC(C)C)nc2ccccc21. The van der Waals surface area contributed by atoms with Gasteiger partial charge in [0.25, 0.3) is 0 Å². The van der Waals surface area contributed by atoms with E-state index in [-0.39, 0.29) is 0 Å². The summed E-state index contributed by atoms with van der Waals surface area (Å²) in [6, 6.07) is 8.32. The number of hydrogen-bond acceptors (Lipinski definition) is 2. The lowest BCUT2D eigenvalue weighted by Gasteiger charge is -2.18. The van der Waals surface area contributed by atoms with Gasteiger partial charge in [0.05, 0.1) is 11.0 Å². The van der Waals surface area contributed by atoms with Crippen LogP contribution in [0.25, 0.3) is 11.0 Å². The van der Waals surface area contributed by atoms with Crippen LogP contribution in [0.4, 0.5) is 0 Å². The van der Waals surface area contributed by atoms with Gasteiger partial charge in [-0.1, -0.05) is 26.0 Å². The lowest BCUT2D eigenvalue weighted by Crippen LogP contribution is -2.19. The molecule has 0 saturated heterocycles. The number of aromatic nitrogens is 2. The zero-order valence-corrected chi connectivity index (χ0v) is 11.6. The Kier molecular flexibility index (Phi) is 4.02. The van der Waals surface area contributed by atoms with Crippen molar-refractivity contribution in [2.45, 2.75) is 39.7 Å². The van der Waals surface area contributed by atoms with Gasteiger partial charge >= 0.3 is 0 Å². The summed E-state index contributed by atoms with van der Waals surface area (Å²) in [5, 5.41) is 0. The first-order valence-electron chi connectivity index (χ1n) is 6.82. The second kappa shape index (κ2) is 5.53. The van der Waals surface area contributed by atoms with Crippen LogP contribution in [-0.4, -0.2) is 16.1 Å². The monoisotopic (exact) mass is 245 g/mol. The molecule has 0 bridgehead atoms. The summed E-state index contributed by atoms with van der Waals surface area (Å²) >= 11 is 0. The van der Waals surface area contributed by atoms with Gasteiger partial charge < -0.3 is 10.3 Å². The minimum atomic E-state index is 0.359. The second-order valence-corrected chi connectivity index (χ2v) is 5.27. The Morgan fingerprint density at radius 2 is 2.00 bits per heavy atom. The number of aryl methyl sites for hydroxylation is 1. The van der Waals surface area contributed by atoms with Gasteiger partial charge in [0.15, 0.2) is 0 Å². The maximum Gasteiger partial charge on any atom is 0.114 e. The molecule has 0 fully saturated rings. The van der Waals surface area contributed by atoms with Crippen LogP contribution in [0.5, 0.6) is 0 Å². The smallest absolute Gasteiger partial charge is 0.114 e. The van der Waals surface area contributed by atoms with Crippen LogP contribution >= 0.6 is 0 Å². The Labute approximate surface area is 109 Å². The summed E-state index contributed by atoms with van der Waals surface area (Å²) in [6.45, 7) is 8.26. The van der Waals surface area contributed by atoms with E-state index in [1.165, 1.54) is 5.52 Å². The summed E-state index contributed by atoms with van der Waals surface area (Å²) in [4.78, 5) is 4.79. The van der Waals surface area contributed by atoms with Gasteiger partial charge in [0.2, 0.25) is 0 Å². The largest absolute Gasteiger partial charge is 0.330 e. The molecule has 2 N–H and O–H groups in total. The molecule has 0 saturated carbocycles. The molecular formula is C15H23N3. The molecule has 0 aliphatic heterocycles. The highest BCUT2D eigenvalue weighted by atomic mass is 15.1. The predicted molar refractivity (Wildman–Crippen MR) is 76.7 cm³/mol. The van der Waals surface area contributed by atoms with E-state index in [1.807, 2.05) is 6.07 Å². The molecule has 1 aromatic heterocycles. The van der Waals surface area contributed by atoms with E-state index in [9.17, 15) is 0 Å². The molecule has 18 heavy (non-hydrogen) atoms. The molecule has 1 unspecified atom stereocenters. The number of imidazole rings is 1. The van der Waals surface area contributed by atoms with Crippen molar-refractivity contribution in [1.29, 1.82) is 0 Å². The molecule has 3 nitrogen and oxygen atoms in total. The normalized spacial score (nSPS) is 13.4.